The highest BCUT2D eigenvalue weighted by Gasteiger charge is 2.14. The van der Waals surface area contributed by atoms with Crippen LogP contribution in [0.5, 0.6) is 11.5 Å². The number of halogens is 1. The minimum absolute atomic E-state index is 0.227. The Bertz CT molecular complexity index is 1160. The van der Waals surface area contributed by atoms with Gasteiger partial charge in [-0.2, -0.15) is 5.10 Å². The Morgan fingerprint density at radius 2 is 1.67 bits per heavy atom. The van der Waals surface area contributed by atoms with Gasteiger partial charge in [-0.3, -0.25) is 9.59 Å². The first-order valence-corrected chi connectivity index (χ1v) is 9.90. The Morgan fingerprint density at radius 3 is 2.36 bits per heavy atom. The van der Waals surface area contributed by atoms with Crippen LogP contribution in [-0.4, -0.2) is 30.6 Å². The van der Waals surface area contributed by atoms with E-state index in [1.807, 2.05) is 0 Å². The zero-order chi connectivity index (χ0) is 23.6. The lowest BCUT2D eigenvalue weighted by atomic mass is 10.2. The molecule has 0 saturated carbocycles. The lowest BCUT2D eigenvalue weighted by Crippen LogP contribution is -2.32. The number of benzene rings is 3. The number of ether oxygens (including phenoxy) is 2. The van der Waals surface area contributed by atoms with Gasteiger partial charge in [0.15, 0.2) is 11.5 Å². The normalized spacial score (nSPS) is 10.5. The highest BCUT2D eigenvalue weighted by atomic mass is 19.1. The zero-order valence-corrected chi connectivity index (χ0v) is 17.6. The largest absolute Gasteiger partial charge is 0.490 e. The molecule has 0 radical (unpaired) electrons. The first-order chi connectivity index (χ1) is 16.0. The van der Waals surface area contributed by atoms with Crippen molar-refractivity contribution in [2.75, 3.05) is 11.9 Å². The van der Waals surface area contributed by atoms with Gasteiger partial charge in [-0.15, -0.1) is 0 Å². The van der Waals surface area contributed by atoms with Crippen LogP contribution in [0, 0.1) is 5.82 Å². The van der Waals surface area contributed by atoms with E-state index in [9.17, 15) is 18.8 Å². The van der Waals surface area contributed by atoms with Crippen molar-refractivity contribution in [3.05, 3.63) is 89.7 Å². The molecule has 8 nitrogen and oxygen atoms in total. The third kappa shape index (κ3) is 6.73. The van der Waals surface area contributed by atoms with E-state index < -0.39 is 23.6 Å². The van der Waals surface area contributed by atoms with Crippen molar-refractivity contribution >= 4 is 29.7 Å². The lowest BCUT2D eigenvalue weighted by molar-refractivity contribution is -0.136. The molecule has 2 amide bonds. The SMILES string of the molecule is CCOc1cc(C=NNC(=O)C(=O)Nc2ccc(F)cc2)ccc1OC(=O)c1ccccc1. The molecule has 0 atom stereocenters. The molecule has 0 heterocycles. The molecule has 0 fully saturated rings. The zero-order valence-electron chi connectivity index (χ0n) is 17.6. The molecular formula is C24H20FN3O5. The number of anilines is 1. The van der Waals surface area contributed by atoms with Crippen LogP contribution in [0.3, 0.4) is 0 Å². The fraction of sp³-hybridized carbons (Fsp3) is 0.0833. The highest BCUT2D eigenvalue weighted by molar-refractivity contribution is 6.39. The molecule has 0 saturated heterocycles. The maximum atomic E-state index is 12.9. The number of nitrogens with one attached hydrogen (secondary N) is 2. The summed E-state index contributed by atoms with van der Waals surface area (Å²) in [6.45, 7) is 2.11. The molecule has 0 aromatic heterocycles. The fourth-order valence-electron chi connectivity index (χ4n) is 2.63. The Hall–Kier alpha value is -4.53. The summed E-state index contributed by atoms with van der Waals surface area (Å²) in [5, 5.41) is 6.07. The standard InChI is InChI=1S/C24H20FN3O5/c1-2-32-21-14-16(8-13-20(21)33-24(31)17-6-4-3-5-7-17)15-26-28-23(30)22(29)27-19-11-9-18(25)10-12-19/h3-15H,2H2,1H3,(H,27,29)(H,28,30). The Morgan fingerprint density at radius 1 is 0.939 bits per heavy atom. The molecule has 0 aliphatic carbocycles. The molecule has 0 aliphatic rings. The summed E-state index contributed by atoms with van der Waals surface area (Å²) in [7, 11) is 0. The Balaban J connectivity index is 1.62. The number of carbonyl (C=O) groups is 3. The number of hydrogen-bond acceptors (Lipinski definition) is 6. The van der Waals surface area contributed by atoms with Crippen LogP contribution >= 0.6 is 0 Å². The topological polar surface area (TPSA) is 106 Å². The van der Waals surface area contributed by atoms with Crippen molar-refractivity contribution in [3.63, 3.8) is 0 Å². The van der Waals surface area contributed by atoms with Crippen LogP contribution in [-0.2, 0) is 9.59 Å². The number of rotatable bonds is 7. The molecule has 3 aromatic carbocycles. The summed E-state index contributed by atoms with van der Waals surface area (Å²) in [4.78, 5) is 36.1. The predicted octanol–water partition coefficient (Wildman–Crippen LogP) is 3.53. The lowest BCUT2D eigenvalue weighted by Gasteiger charge is -2.11. The second-order valence-electron chi connectivity index (χ2n) is 6.55. The summed E-state index contributed by atoms with van der Waals surface area (Å²) >= 11 is 0. The molecule has 33 heavy (non-hydrogen) atoms. The summed E-state index contributed by atoms with van der Waals surface area (Å²) in [6, 6.07) is 18.2. The molecule has 3 rings (SSSR count). The number of nitrogens with zero attached hydrogens (tertiary/aromatic N) is 1. The number of hydrogen-bond donors (Lipinski definition) is 2. The average molecular weight is 449 g/mol. The van der Waals surface area contributed by atoms with E-state index in [-0.39, 0.29) is 11.4 Å². The third-order valence-electron chi connectivity index (χ3n) is 4.17. The maximum absolute atomic E-state index is 12.9. The molecule has 0 bridgehead atoms. The monoisotopic (exact) mass is 449 g/mol. The van der Waals surface area contributed by atoms with E-state index in [1.165, 1.54) is 24.4 Å². The summed E-state index contributed by atoms with van der Waals surface area (Å²) < 4.78 is 23.9. The van der Waals surface area contributed by atoms with Crippen LogP contribution in [0.2, 0.25) is 0 Å². The minimum Gasteiger partial charge on any atom is -0.490 e. The van der Waals surface area contributed by atoms with Crippen LogP contribution in [0.25, 0.3) is 0 Å². The van der Waals surface area contributed by atoms with Gasteiger partial charge < -0.3 is 14.8 Å². The van der Waals surface area contributed by atoms with Gasteiger partial charge in [-0.05, 0) is 67.1 Å². The quantitative estimate of drug-likeness (QED) is 0.189. The highest BCUT2D eigenvalue weighted by Crippen LogP contribution is 2.29. The fourth-order valence-corrected chi connectivity index (χ4v) is 2.63. The van der Waals surface area contributed by atoms with Crippen LogP contribution < -0.4 is 20.2 Å². The van der Waals surface area contributed by atoms with Gasteiger partial charge in [0.25, 0.3) is 0 Å². The first-order valence-electron chi connectivity index (χ1n) is 9.90. The summed E-state index contributed by atoms with van der Waals surface area (Å²) in [5.74, 6) is -2.42. The number of carbonyl (C=O) groups excluding carboxylic acids is 3. The first kappa shape index (κ1) is 23.1. The van der Waals surface area contributed by atoms with Crippen molar-refractivity contribution in [2.45, 2.75) is 6.92 Å². The van der Waals surface area contributed by atoms with E-state index in [0.717, 1.165) is 12.1 Å². The Labute approximate surface area is 189 Å². The van der Waals surface area contributed by atoms with Gasteiger partial charge in [0.2, 0.25) is 0 Å². The number of esters is 1. The third-order valence-corrected chi connectivity index (χ3v) is 4.17. The van der Waals surface area contributed by atoms with E-state index in [1.54, 1.807) is 49.4 Å². The van der Waals surface area contributed by atoms with Gasteiger partial charge in [0, 0.05) is 5.69 Å². The molecule has 9 heteroatoms. The molecule has 3 aromatic rings. The van der Waals surface area contributed by atoms with E-state index in [4.69, 9.17) is 9.47 Å². The van der Waals surface area contributed by atoms with Crippen molar-refractivity contribution in [2.24, 2.45) is 5.10 Å². The second-order valence-corrected chi connectivity index (χ2v) is 6.55. The van der Waals surface area contributed by atoms with Crippen LogP contribution in [0.4, 0.5) is 10.1 Å². The van der Waals surface area contributed by atoms with E-state index in [0.29, 0.717) is 23.5 Å². The van der Waals surface area contributed by atoms with Crippen molar-refractivity contribution in [3.8, 4) is 11.5 Å². The van der Waals surface area contributed by atoms with E-state index >= 15 is 0 Å². The molecule has 168 valence electrons. The van der Waals surface area contributed by atoms with Gasteiger partial charge in [0.05, 0.1) is 18.4 Å². The minimum atomic E-state index is -1.01. The van der Waals surface area contributed by atoms with E-state index in [2.05, 4.69) is 15.8 Å². The average Bonchev–Trinajstić information content (AvgIpc) is 2.82. The van der Waals surface area contributed by atoms with Crippen molar-refractivity contribution < 1.29 is 28.2 Å². The van der Waals surface area contributed by atoms with Crippen LogP contribution in [0.1, 0.15) is 22.8 Å². The molecule has 0 unspecified atom stereocenters. The van der Waals surface area contributed by atoms with Crippen molar-refractivity contribution in [1.29, 1.82) is 0 Å². The van der Waals surface area contributed by atoms with Gasteiger partial charge in [-0.25, -0.2) is 14.6 Å². The molecule has 0 spiro atoms. The summed E-state index contributed by atoms with van der Waals surface area (Å²) in [6.07, 6.45) is 1.30. The van der Waals surface area contributed by atoms with Crippen LogP contribution in [0.15, 0.2) is 77.9 Å². The number of hydrazone groups is 1. The predicted molar refractivity (Wildman–Crippen MR) is 120 cm³/mol. The van der Waals surface area contributed by atoms with Crippen molar-refractivity contribution in [1.82, 2.24) is 5.43 Å². The smallest absolute Gasteiger partial charge is 0.343 e. The van der Waals surface area contributed by atoms with Gasteiger partial charge >= 0.3 is 17.8 Å². The van der Waals surface area contributed by atoms with Gasteiger partial charge in [-0.1, -0.05) is 18.2 Å². The second kappa shape index (κ2) is 11.2. The van der Waals surface area contributed by atoms with Gasteiger partial charge in [0.1, 0.15) is 5.82 Å². The molecule has 2 N–H and O–H groups in total. The Kier molecular flexibility index (Phi) is 7.85. The number of amides is 2. The maximum Gasteiger partial charge on any atom is 0.343 e. The summed E-state index contributed by atoms with van der Waals surface area (Å²) in [5.41, 5.74) is 3.29. The molecule has 0 aliphatic heterocycles. The molecular weight excluding hydrogens is 429 g/mol.